The summed E-state index contributed by atoms with van der Waals surface area (Å²) in [7, 11) is 0. The summed E-state index contributed by atoms with van der Waals surface area (Å²) in [4.78, 5) is 4.03. The molecule has 0 saturated heterocycles. The Balaban J connectivity index is 2.07. The molecule has 0 amide bonds. The SMILES string of the molecule is N#Cc1cccc(OC2CCC2)n1. The maximum atomic E-state index is 8.60. The second kappa shape index (κ2) is 3.44. The fourth-order valence-corrected chi connectivity index (χ4v) is 1.20. The smallest absolute Gasteiger partial charge is 0.214 e. The van der Waals surface area contributed by atoms with E-state index in [-0.39, 0.29) is 0 Å². The van der Waals surface area contributed by atoms with Crippen LogP contribution in [-0.4, -0.2) is 11.1 Å². The molecule has 2 rings (SSSR count). The predicted octanol–water partition coefficient (Wildman–Crippen LogP) is 1.88. The van der Waals surface area contributed by atoms with Crippen LogP contribution in [-0.2, 0) is 0 Å². The van der Waals surface area contributed by atoms with Crippen LogP contribution in [0, 0.1) is 11.3 Å². The second-order valence-corrected chi connectivity index (χ2v) is 3.14. The molecular formula is C10H10N2O. The highest BCUT2D eigenvalue weighted by Crippen LogP contribution is 2.23. The number of hydrogen-bond donors (Lipinski definition) is 0. The average molecular weight is 174 g/mol. The summed E-state index contributed by atoms with van der Waals surface area (Å²) in [5, 5.41) is 8.60. The van der Waals surface area contributed by atoms with Crippen molar-refractivity contribution in [1.82, 2.24) is 4.98 Å². The van der Waals surface area contributed by atoms with Gasteiger partial charge in [-0.05, 0) is 25.3 Å². The molecule has 1 heterocycles. The molecule has 0 radical (unpaired) electrons. The third kappa shape index (κ3) is 1.78. The van der Waals surface area contributed by atoms with Gasteiger partial charge in [0.05, 0.1) is 0 Å². The van der Waals surface area contributed by atoms with Gasteiger partial charge in [-0.15, -0.1) is 0 Å². The highest BCUT2D eigenvalue weighted by atomic mass is 16.5. The normalized spacial score (nSPS) is 15.9. The molecule has 3 nitrogen and oxygen atoms in total. The number of aromatic nitrogens is 1. The van der Waals surface area contributed by atoms with E-state index in [1.807, 2.05) is 6.07 Å². The van der Waals surface area contributed by atoms with Crippen LogP contribution in [0.15, 0.2) is 18.2 Å². The highest BCUT2D eigenvalue weighted by molar-refractivity contribution is 5.24. The first-order valence-corrected chi connectivity index (χ1v) is 4.42. The van der Waals surface area contributed by atoms with E-state index in [0.29, 0.717) is 17.7 Å². The molecule has 1 fully saturated rings. The van der Waals surface area contributed by atoms with Gasteiger partial charge in [0, 0.05) is 6.07 Å². The fraction of sp³-hybridized carbons (Fsp3) is 0.400. The van der Waals surface area contributed by atoms with Crippen LogP contribution in [0.3, 0.4) is 0 Å². The Labute approximate surface area is 77.0 Å². The third-order valence-electron chi connectivity index (χ3n) is 2.18. The van der Waals surface area contributed by atoms with Crippen molar-refractivity contribution >= 4 is 0 Å². The highest BCUT2D eigenvalue weighted by Gasteiger charge is 2.19. The van der Waals surface area contributed by atoms with Crippen molar-refractivity contribution in [2.24, 2.45) is 0 Å². The molecule has 0 spiro atoms. The average Bonchev–Trinajstić information content (AvgIpc) is 2.12. The van der Waals surface area contributed by atoms with E-state index < -0.39 is 0 Å². The summed E-state index contributed by atoms with van der Waals surface area (Å²) >= 11 is 0. The Morgan fingerprint density at radius 1 is 1.46 bits per heavy atom. The lowest BCUT2D eigenvalue weighted by Crippen LogP contribution is -2.24. The van der Waals surface area contributed by atoms with Gasteiger partial charge in [-0.1, -0.05) is 6.07 Å². The molecule has 1 aliphatic rings. The first kappa shape index (κ1) is 8.06. The second-order valence-electron chi connectivity index (χ2n) is 3.14. The Morgan fingerprint density at radius 2 is 2.31 bits per heavy atom. The quantitative estimate of drug-likeness (QED) is 0.687. The molecule has 1 aromatic rings. The van der Waals surface area contributed by atoms with Crippen molar-refractivity contribution in [3.05, 3.63) is 23.9 Å². The number of rotatable bonds is 2. The van der Waals surface area contributed by atoms with E-state index in [1.54, 1.807) is 18.2 Å². The molecule has 1 aromatic heterocycles. The molecule has 3 heteroatoms. The summed E-state index contributed by atoms with van der Waals surface area (Å²) in [5.41, 5.74) is 0.414. The largest absolute Gasteiger partial charge is 0.474 e. The summed E-state index contributed by atoms with van der Waals surface area (Å²) < 4.78 is 5.53. The van der Waals surface area contributed by atoms with E-state index in [1.165, 1.54) is 6.42 Å². The molecule has 0 unspecified atom stereocenters. The molecule has 1 aliphatic carbocycles. The number of ether oxygens (including phenoxy) is 1. The van der Waals surface area contributed by atoms with Crippen molar-refractivity contribution in [3.63, 3.8) is 0 Å². The van der Waals surface area contributed by atoms with Gasteiger partial charge in [0.25, 0.3) is 0 Å². The van der Waals surface area contributed by atoms with Crippen LogP contribution in [0.5, 0.6) is 5.88 Å². The third-order valence-corrected chi connectivity index (χ3v) is 2.18. The fourth-order valence-electron chi connectivity index (χ4n) is 1.20. The molecule has 0 N–H and O–H groups in total. The molecule has 0 bridgehead atoms. The molecule has 0 atom stereocenters. The van der Waals surface area contributed by atoms with Crippen LogP contribution in [0.25, 0.3) is 0 Å². The molecule has 0 aliphatic heterocycles. The van der Waals surface area contributed by atoms with E-state index >= 15 is 0 Å². The van der Waals surface area contributed by atoms with Crippen LogP contribution in [0.1, 0.15) is 25.0 Å². The van der Waals surface area contributed by atoms with Gasteiger partial charge >= 0.3 is 0 Å². The van der Waals surface area contributed by atoms with Gasteiger partial charge in [-0.2, -0.15) is 5.26 Å². The predicted molar refractivity (Wildman–Crippen MR) is 47.2 cm³/mol. The van der Waals surface area contributed by atoms with Crippen molar-refractivity contribution in [1.29, 1.82) is 5.26 Å². The topological polar surface area (TPSA) is 45.9 Å². The summed E-state index contributed by atoms with van der Waals surface area (Å²) in [6, 6.07) is 7.24. The van der Waals surface area contributed by atoms with Crippen molar-refractivity contribution in [2.45, 2.75) is 25.4 Å². The maximum absolute atomic E-state index is 8.60. The van der Waals surface area contributed by atoms with E-state index in [9.17, 15) is 0 Å². The molecular weight excluding hydrogens is 164 g/mol. The molecule has 66 valence electrons. The first-order chi connectivity index (χ1) is 6.38. The van der Waals surface area contributed by atoms with Crippen molar-refractivity contribution in [2.75, 3.05) is 0 Å². The van der Waals surface area contributed by atoms with E-state index in [4.69, 9.17) is 10.00 Å². The van der Waals surface area contributed by atoms with Crippen LogP contribution >= 0.6 is 0 Å². The summed E-state index contributed by atoms with van der Waals surface area (Å²) in [5.74, 6) is 0.573. The molecule has 13 heavy (non-hydrogen) atoms. The zero-order valence-electron chi connectivity index (χ0n) is 7.23. The Hall–Kier alpha value is -1.56. The lowest BCUT2D eigenvalue weighted by molar-refractivity contribution is 0.114. The van der Waals surface area contributed by atoms with E-state index in [2.05, 4.69) is 4.98 Å². The zero-order valence-corrected chi connectivity index (χ0v) is 7.23. The lowest BCUT2D eigenvalue weighted by Gasteiger charge is -2.25. The van der Waals surface area contributed by atoms with Gasteiger partial charge < -0.3 is 4.74 Å². The minimum atomic E-state index is 0.321. The Morgan fingerprint density at radius 3 is 2.92 bits per heavy atom. The van der Waals surface area contributed by atoms with Crippen molar-refractivity contribution in [3.8, 4) is 11.9 Å². The standard InChI is InChI=1S/C10H10N2O/c11-7-8-3-1-6-10(12-8)13-9-4-2-5-9/h1,3,6,9H,2,4-5H2. The van der Waals surface area contributed by atoms with Crippen LogP contribution < -0.4 is 4.74 Å². The van der Waals surface area contributed by atoms with Gasteiger partial charge in [-0.25, -0.2) is 4.98 Å². The first-order valence-electron chi connectivity index (χ1n) is 4.42. The van der Waals surface area contributed by atoms with Crippen LogP contribution in [0.4, 0.5) is 0 Å². The summed E-state index contributed by atoms with van der Waals surface area (Å²) in [6.07, 6.45) is 3.78. The number of nitriles is 1. The lowest BCUT2D eigenvalue weighted by atomic mass is 9.96. The Bertz CT molecular complexity index is 339. The maximum Gasteiger partial charge on any atom is 0.214 e. The summed E-state index contributed by atoms with van der Waals surface area (Å²) in [6.45, 7) is 0. The molecule has 0 aromatic carbocycles. The minimum Gasteiger partial charge on any atom is -0.474 e. The van der Waals surface area contributed by atoms with Gasteiger partial charge in [-0.3, -0.25) is 0 Å². The van der Waals surface area contributed by atoms with Crippen LogP contribution in [0.2, 0.25) is 0 Å². The van der Waals surface area contributed by atoms with Gasteiger partial charge in [0.1, 0.15) is 17.9 Å². The monoisotopic (exact) mass is 174 g/mol. The van der Waals surface area contributed by atoms with E-state index in [0.717, 1.165) is 12.8 Å². The number of pyridine rings is 1. The Kier molecular flexibility index (Phi) is 2.13. The molecule has 1 saturated carbocycles. The van der Waals surface area contributed by atoms with Crippen molar-refractivity contribution < 1.29 is 4.74 Å². The number of nitrogens with zero attached hydrogens (tertiary/aromatic N) is 2. The van der Waals surface area contributed by atoms with Gasteiger partial charge in [0.2, 0.25) is 5.88 Å². The number of hydrogen-bond acceptors (Lipinski definition) is 3. The minimum absolute atomic E-state index is 0.321. The zero-order chi connectivity index (χ0) is 9.10. The van der Waals surface area contributed by atoms with Gasteiger partial charge in [0.15, 0.2) is 0 Å².